The minimum Gasteiger partial charge on any atom is -0.276 e. The van der Waals surface area contributed by atoms with Gasteiger partial charge >= 0.3 is 0 Å². The lowest BCUT2D eigenvalue weighted by Gasteiger charge is -2.12. The van der Waals surface area contributed by atoms with E-state index in [1.807, 2.05) is 0 Å². The fourth-order valence-electron chi connectivity index (χ4n) is 1.61. The summed E-state index contributed by atoms with van der Waals surface area (Å²) in [7, 11) is -3.99. The van der Waals surface area contributed by atoms with Gasteiger partial charge in [0, 0.05) is 10.7 Å². The number of benzene rings is 1. The number of sulfonamides is 1. The molecular formula is C12H8BrCl3N2O2S. The summed E-state index contributed by atoms with van der Waals surface area (Å²) in [5, 5.41) is 0.0331. The van der Waals surface area contributed by atoms with Crippen LogP contribution in [0.4, 0.5) is 5.69 Å². The smallest absolute Gasteiger partial charge is 0.264 e. The van der Waals surface area contributed by atoms with Crippen LogP contribution in [0.3, 0.4) is 0 Å². The minimum atomic E-state index is -3.99. The van der Waals surface area contributed by atoms with Crippen molar-refractivity contribution in [3.63, 3.8) is 0 Å². The fraction of sp³-hybridized carbons (Fsp3) is 0.0833. The van der Waals surface area contributed by atoms with Crippen LogP contribution < -0.4 is 4.72 Å². The summed E-state index contributed by atoms with van der Waals surface area (Å²) in [6, 6.07) is 4.45. The number of aromatic nitrogens is 1. The predicted octanol–water partition coefficient (Wildman–Crippen LogP) is 4.91. The van der Waals surface area contributed by atoms with Crippen molar-refractivity contribution in [1.29, 1.82) is 0 Å². The van der Waals surface area contributed by atoms with Crippen LogP contribution in [0.25, 0.3) is 0 Å². The van der Waals surface area contributed by atoms with Crippen molar-refractivity contribution in [3.05, 3.63) is 49.6 Å². The Balaban J connectivity index is 2.51. The Morgan fingerprint density at radius 1 is 1.14 bits per heavy atom. The van der Waals surface area contributed by atoms with E-state index in [0.717, 1.165) is 5.56 Å². The van der Waals surface area contributed by atoms with E-state index in [-0.39, 0.29) is 25.8 Å². The average Bonchev–Trinajstić information content (AvgIpc) is 2.31. The Morgan fingerprint density at radius 2 is 1.71 bits per heavy atom. The summed E-state index contributed by atoms with van der Waals surface area (Å²) in [4.78, 5) is 3.66. The summed E-state index contributed by atoms with van der Waals surface area (Å²) in [6.45, 7) is 1.76. The van der Waals surface area contributed by atoms with Gasteiger partial charge in [0.15, 0.2) is 5.15 Å². The number of hydrogen-bond donors (Lipinski definition) is 1. The molecule has 1 aromatic carbocycles. The van der Waals surface area contributed by atoms with Gasteiger partial charge in [-0.1, -0.05) is 50.7 Å². The molecule has 4 nitrogen and oxygen atoms in total. The average molecular weight is 431 g/mol. The molecule has 21 heavy (non-hydrogen) atoms. The second kappa shape index (κ2) is 6.30. The maximum Gasteiger partial charge on any atom is 0.264 e. The standard InChI is InChI=1S/C12H8BrCl3N2O2S/c1-6-2-10(12(16)17-5-6)18-21(19,20)11-8(14)3-7(13)4-9(11)15/h2-5,18H,1H3. The Morgan fingerprint density at radius 3 is 2.29 bits per heavy atom. The first-order valence-electron chi connectivity index (χ1n) is 5.50. The molecule has 0 amide bonds. The number of nitrogens with one attached hydrogen (secondary N) is 1. The number of halogens is 4. The molecular weight excluding hydrogens is 422 g/mol. The van der Waals surface area contributed by atoms with E-state index in [9.17, 15) is 8.42 Å². The van der Waals surface area contributed by atoms with Gasteiger partial charge in [-0.25, -0.2) is 13.4 Å². The predicted molar refractivity (Wildman–Crippen MR) is 89.0 cm³/mol. The third-order valence-electron chi connectivity index (χ3n) is 2.45. The highest BCUT2D eigenvalue weighted by atomic mass is 79.9. The molecule has 0 aliphatic rings. The first-order valence-corrected chi connectivity index (χ1v) is 8.91. The molecule has 1 N–H and O–H groups in total. The largest absolute Gasteiger partial charge is 0.276 e. The second-order valence-corrected chi connectivity index (χ2v) is 7.86. The molecule has 0 fully saturated rings. The van der Waals surface area contributed by atoms with Crippen LogP contribution in [0.5, 0.6) is 0 Å². The highest BCUT2D eigenvalue weighted by Gasteiger charge is 2.23. The van der Waals surface area contributed by atoms with Gasteiger partial charge in [-0.05, 0) is 30.7 Å². The fourth-order valence-corrected chi connectivity index (χ4v) is 4.81. The van der Waals surface area contributed by atoms with Crippen molar-refractivity contribution in [2.75, 3.05) is 4.72 Å². The van der Waals surface area contributed by atoms with Crippen LogP contribution in [0.2, 0.25) is 15.2 Å². The lowest BCUT2D eigenvalue weighted by atomic mass is 10.3. The van der Waals surface area contributed by atoms with Gasteiger partial charge < -0.3 is 0 Å². The van der Waals surface area contributed by atoms with E-state index in [1.165, 1.54) is 18.3 Å². The van der Waals surface area contributed by atoms with Crippen LogP contribution in [-0.4, -0.2) is 13.4 Å². The van der Waals surface area contributed by atoms with E-state index in [4.69, 9.17) is 34.8 Å². The summed E-state index contributed by atoms with van der Waals surface area (Å²) >= 11 is 21.0. The van der Waals surface area contributed by atoms with Crippen LogP contribution >= 0.6 is 50.7 Å². The Labute approximate surface area is 145 Å². The third kappa shape index (κ3) is 3.81. The van der Waals surface area contributed by atoms with Crippen molar-refractivity contribution < 1.29 is 8.42 Å². The van der Waals surface area contributed by atoms with Crippen molar-refractivity contribution in [2.24, 2.45) is 0 Å². The molecule has 0 unspecified atom stereocenters. The van der Waals surface area contributed by atoms with E-state index >= 15 is 0 Å². The molecule has 2 rings (SSSR count). The first kappa shape index (κ1) is 16.8. The van der Waals surface area contributed by atoms with Gasteiger partial charge in [-0.2, -0.15) is 0 Å². The van der Waals surface area contributed by atoms with Gasteiger partial charge in [0.1, 0.15) is 4.90 Å². The number of pyridine rings is 1. The van der Waals surface area contributed by atoms with Gasteiger partial charge in [-0.3, -0.25) is 4.72 Å². The number of anilines is 1. The minimum absolute atomic E-state index is 0.00129. The molecule has 112 valence electrons. The lowest BCUT2D eigenvalue weighted by Crippen LogP contribution is -2.15. The summed E-state index contributed by atoms with van der Waals surface area (Å²) in [5.41, 5.74) is 0.914. The topological polar surface area (TPSA) is 59.1 Å². The molecule has 0 aliphatic heterocycles. The quantitative estimate of drug-likeness (QED) is 0.704. The maximum absolute atomic E-state index is 12.4. The summed E-state index contributed by atoms with van der Waals surface area (Å²) in [5.74, 6) is 0. The van der Waals surface area contributed by atoms with E-state index < -0.39 is 10.0 Å². The van der Waals surface area contributed by atoms with Gasteiger partial charge in [-0.15, -0.1) is 0 Å². The highest BCUT2D eigenvalue weighted by Crippen LogP contribution is 2.34. The molecule has 1 heterocycles. The number of rotatable bonds is 3. The molecule has 0 bridgehead atoms. The van der Waals surface area contributed by atoms with Crippen molar-refractivity contribution in [3.8, 4) is 0 Å². The normalized spacial score (nSPS) is 11.5. The summed E-state index contributed by atoms with van der Waals surface area (Å²) < 4.78 is 27.8. The maximum atomic E-state index is 12.4. The van der Waals surface area contributed by atoms with E-state index in [2.05, 4.69) is 25.6 Å². The number of nitrogens with zero attached hydrogens (tertiary/aromatic N) is 1. The molecule has 0 saturated heterocycles. The van der Waals surface area contributed by atoms with Gasteiger partial charge in [0.05, 0.1) is 15.7 Å². The molecule has 0 spiro atoms. The van der Waals surface area contributed by atoms with Crippen LogP contribution in [-0.2, 0) is 10.0 Å². The monoisotopic (exact) mass is 428 g/mol. The second-order valence-electron chi connectivity index (χ2n) is 4.16. The van der Waals surface area contributed by atoms with E-state index in [0.29, 0.717) is 4.47 Å². The lowest BCUT2D eigenvalue weighted by molar-refractivity contribution is 0.601. The van der Waals surface area contributed by atoms with Gasteiger partial charge in [0.2, 0.25) is 0 Å². The van der Waals surface area contributed by atoms with Crippen molar-refractivity contribution >= 4 is 66.4 Å². The molecule has 0 atom stereocenters. The summed E-state index contributed by atoms with van der Waals surface area (Å²) in [6.07, 6.45) is 1.53. The molecule has 0 radical (unpaired) electrons. The Bertz CT molecular complexity index is 789. The Kier molecular flexibility index (Phi) is 5.05. The van der Waals surface area contributed by atoms with Crippen LogP contribution in [0.15, 0.2) is 33.8 Å². The highest BCUT2D eigenvalue weighted by molar-refractivity contribution is 9.10. The molecule has 1 aromatic heterocycles. The van der Waals surface area contributed by atoms with Crippen LogP contribution in [0.1, 0.15) is 5.56 Å². The third-order valence-corrected chi connectivity index (χ3v) is 5.50. The SMILES string of the molecule is Cc1cnc(Cl)c(NS(=O)(=O)c2c(Cl)cc(Br)cc2Cl)c1. The molecule has 2 aromatic rings. The zero-order valence-electron chi connectivity index (χ0n) is 10.5. The number of aryl methyl sites for hydroxylation is 1. The number of hydrogen-bond acceptors (Lipinski definition) is 3. The first-order chi connectivity index (χ1) is 9.70. The zero-order chi connectivity index (χ0) is 15.8. The molecule has 0 saturated carbocycles. The Hall–Kier alpha value is -0.530. The zero-order valence-corrected chi connectivity index (χ0v) is 15.2. The molecule has 0 aliphatic carbocycles. The van der Waals surface area contributed by atoms with Crippen molar-refractivity contribution in [2.45, 2.75) is 11.8 Å². The van der Waals surface area contributed by atoms with Gasteiger partial charge in [0.25, 0.3) is 10.0 Å². The van der Waals surface area contributed by atoms with Crippen molar-refractivity contribution in [1.82, 2.24) is 4.98 Å². The van der Waals surface area contributed by atoms with Crippen LogP contribution in [0, 0.1) is 6.92 Å². The molecule has 9 heteroatoms. The van der Waals surface area contributed by atoms with E-state index in [1.54, 1.807) is 13.0 Å².